The lowest BCUT2D eigenvalue weighted by Crippen LogP contribution is -2.07. The van der Waals surface area contributed by atoms with Crippen molar-refractivity contribution in [2.24, 2.45) is 0 Å². The Hall–Kier alpha value is -1.69. The second-order valence-corrected chi connectivity index (χ2v) is 3.95. The van der Waals surface area contributed by atoms with Crippen molar-refractivity contribution in [1.29, 1.82) is 0 Å². The van der Waals surface area contributed by atoms with Gasteiger partial charge in [0, 0.05) is 6.92 Å². The molecule has 15 heavy (non-hydrogen) atoms. The second kappa shape index (κ2) is 4.22. The largest absolute Gasteiger partial charge is 0.478 e. The quantitative estimate of drug-likeness (QED) is 0.768. The van der Waals surface area contributed by atoms with Crippen molar-refractivity contribution in [3.63, 3.8) is 0 Å². The van der Waals surface area contributed by atoms with E-state index in [0.717, 1.165) is 11.3 Å². The summed E-state index contributed by atoms with van der Waals surface area (Å²) in [5.41, 5.74) is -0.0552. The van der Waals surface area contributed by atoms with Crippen LogP contribution in [0, 0.1) is 0 Å². The summed E-state index contributed by atoms with van der Waals surface area (Å²) in [4.78, 5) is 32.9. The number of Topliss-reactive ketones (excluding diaryl/α,β-unsaturated/α-hetero) is 1. The number of carboxylic acid groups (broad SMARTS) is 1. The summed E-state index contributed by atoms with van der Waals surface area (Å²) in [5.74, 6) is -1.75. The molecule has 0 spiro atoms. The Morgan fingerprint density at radius 1 is 1.33 bits per heavy atom. The Morgan fingerprint density at radius 3 is 2.33 bits per heavy atom. The van der Waals surface area contributed by atoms with Gasteiger partial charge in [0.15, 0.2) is 5.78 Å². The van der Waals surface area contributed by atoms with E-state index in [-0.39, 0.29) is 22.3 Å². The molecular weight excluding hydrogens is 218 g/mol. The summed E-state index contributed by atoms with van der Waals surface area (Å²) < 4.78 is 0. The molecule has 0 radical (unpaired) electrons. The monoisotopic (exact) mass is 227 g/mol. The molecule has 0 aromatic carbocycles. The summed E-state index contributed by atoms with van der Waals surface area (Å²) >= 11 is 0.962. The Kier molecular flexibility index (Phi) is 3.21. The maximum absolute atomic E-state index is 11.0. The molecule has 1 amide bonds. The molecule has 0 saturated heterocycles. The van der Waals surface area contributed by atoms with E-state index < -0.39 is 5.97 Å². The summed E-state index contributed by atoms with van der Waals surface area (Å²) in [5, 5.41) is 11.4. The maximum Gasteiger partial charge on any atom is 0.338 e. The third-order valence-corrected chi connectivity index (χ3v) is 2.75. The van der Waals surface area contributed by atoms with Crippen LogP contribution in [0.15, 0.2) is 6.07 Å². The van der Waals surface area contributed by atoms with Crippen LogP contribution in [0.3, 0.4) is 0 Å². The normalized spacial score (nSPS) is 9.73. The van der Waals surface area contributed by atoms with E-state index in [1.54, 1.807) is 0 Å². The fourth-order valence-corrected chi connectivity index (χ4v) is 1.97. The number of carbonyl (C=O) groups is 3. The van der Waals surface area contributed by atoms with E-state index in [0.29, 0.717) is 4.88 Å². The zero-order valence-electron chi connectivity index (χ0n) is 8.16. The van der Waals surface area contributed by atoms with Gasteiger partial charge in [-0.25, -0.2) is 4.79 Å². The van der Waals surface area contributed by atoms with Crippen LogP contribution in [-0.4, -0.2) is 22.8 Å². The van der Waals surface area contributed by atoms with Crippen LogP contribution in [0.2, 0.25) is 0 Å². The Bertz CT molecular complexity index is 435. The third kappa shape index (κ3) is 2.63. The van der Waals surface area contributed by atoms with E-state index in [4.69, 9.17) is 5.11 Å². The highest BCUT2D eigenvalue weighted by atomic mass is 32.1. The highest BCUT2D eigenvalue weighted by molar-refractivity contribution is 7.18. The average molecular weight is 227 g/mol. The number of carboxylic acids is 1. The predicted octanol–water partition coefficient (Wildman–Crippen LogP) is 1.61. The molecule has 0 saturated carbocycles. The first-order chi connectivity index (χ1) is 6.91. The van der Waals surface area contributed by atoms with Crippen molar-refractivity contribution in [1.82, 2.24) is 0 Å². The number of ketones is 1. The molecule has 0 bridgehead atoms. The molecule has 6 heteroatoms. The predicted molar refractivity (Wildman–Crippen MR) is 55.6 cm³/mol. The average Bonchev–Trinajstić information content (AvgIpc) is 2.46. The lowest BCUT2D eigenvalue weighted by molar-refractivity contribution is -0.114. The maximum atomic E-state index is 11.0. The van der Waals surface area contributed by atoms with Crippen molar-refractivity contribution in [2.45, 2.75) is 13.8 Å². The Labute approximate surface area is 89.7 Å². The van der Waals surface area contributed by atoms with E-state index in [9.17, 15) is 14.4 Å². The highest BCUT2D eigenvalue weighted by Gasteiger charge is 2.17. The van der Waals surface area contributed by atoms with Gasteiger partial charge in [-0.3, -0.25) is 9.59 Å². The Balaban J connectivity index is 3.17. The van der Waals surface area contributed by atoms with Gasteiger partial charge in [-0.15, -0.1) is 11.3 Å². The minimum atomic E-state index is -1.16. The van der Waals surface area contributed by atoms with Crippen molar-refractivity contribution >= 4 is 34.0 Å². The second-order valence-electron chi connectivity index (χ2n) is 2.90. The van der Waals surface area contributed by atoms with E-state index in [2.05, 4.69) is 5.32 Å². The third-order valence-electron chi connectivity index (χ3n) is 1.60. The van der Waals surface area contributed by atoms with Gasteiger partial charge in [0.2, 0.25) is 5.91 Å². The fraction of sp³-hybridized carbons (Fsp3) is 0.222. The molecule has 0 atom stereocenters. The van der Waals surface area contributed by atoms with Crippen molar-refractivity contribution in [3.05, 3.63) is 16.5 Å². The van der Waals surface area contributed by atoms with Crippen LogP contribution >= 0.6 is 11.3 Å². The van der Waals surface area contributed by atoms with Gasteiger partial charge < -0.3 is 10.4 Å². The Morgan fingerprint density at radius 2 is 1.93 bits per heavy atom. The van der Waals surface area contributed by atoms with Gasteiger partial charge >= 0.3 is 5.97 Å². The van der Waals surface area contributed by atoms with Gasteiger partial charge in [-0.05, 0) is 13.0 Å². The van der Waals surface area contributed by atoms with Gasteiger partial charge in [0.1, 0.15) is 5.00 Å². The number of amides is 1. The van der Waals surface area contributed by atoms with Crippen LogP contribution in [0.25, 0.3) is 0 Å². The van der Waals surface area contributed by atoms with Crippen molar-refractivity contribution < 1.29 is 19.5 Å². The first-order valence-corrected chi connectivity index (χ1v) is 4.89. The fourth-order valence-electron chi connectivity index (χ4n) is 0.976. The smallest absolute Gasteiger partial charge is 0.338 e. The molecule has 1 aromatic rings. The number of aromatic carboxylic acids is 1. The molecule has 0 aliphatic carbocycles. The minimum absolute atomic E-state index is 0.0552. The van der Waals surface area contributed by atoms with Gasteiger partial charge in [0.25, 0.3) is 0 Å². The lowest BCUT2D eigenvalue weighted by atomic mass is 10.2. The molecule has 80 valence electrons. The number of nitrogens with one attached hydrogen (secondary N) is 1. The standard InChI is InChI=1S/C9H9NO4S/c1-4(11)7-3-6(9(13)14)8(15-7)10-5(2)12/h3H,1-2H3,(H,10,12)(H,13,14). The number of anilines is 1. The topological polar surface area (TPSA) is 83.5 Å². The molecule has 1 heterocycles. The molecule has 0 fully saturated rings. The SMILES string of the molecule is CC(=O)Nc1sc(C(C)=O)cc1C(=O)O. The summed E-state index contributed by atoms with van der Waals surface area (Å²) in [6, 6.07) is 1.26. The molecular formula is C9H9NO4S. The molecule has 2 N–H and O–H groups in total. The van der Waals surface area contributed by atoms with Crippen LogP contribution < -0.4 is 5.32 Å². The first-order valence-electron chi connectivity index (χ1n) is 4.07. The highest BCUT2D eigenvalue weighted by Crippen LogP contribution is 2.28. The molecule has 1 rings (SSSR count). The zero-order valence-corrected chi connectivity index (χ0v) is 8.97. The summed E-state index contributed by atoms with van der Waals surface area (Å²) in [6.45, 7) is 2.62. The molecule has 5 nitrogen and oxygen atoms in total. The first kappa shape index (κ1) is 11.4. The molecule has 1 aromatic heterocycles. The summed E-state index contributed by atoms with van der Waals surface area (Å²) in [6.07, 6.45) is 0. The van der Waals surface area contributed by atoms with Crippen LogP contribution in [0.4, 0.5) is 5.00 Å². The van der Waals surface area contributed by atoms with Crippen LogP contribution in [0.5, 0.6) is 0 Å². The zero-order chi connectivity index (χ0) is 11.6. The van der Waals surface area contributed by atoms with Crippen LogP contribution in [0.1, 0.15) is 33.9 Å². The van der Waals surface area contributed by atoms with Crippen molar-refractivity contribution in [3.8, 4) is 0 Å². The molecule has 0 aliphatic heterocycles. The molecule has 0 aliphatic rings. The van der Waals surface area contributed by atoms with Crippen LogP contribution in [-0.2, 0) is 4.79 Å². The number of thiophene rings is 1. The number of rotatable bonds is 3. The number of hydrogen-bond donors (Lipinski definition) is 2. The number of hydrogen-bond acceptors (Lipinski definition) is 4. The van der Waals surface area contributed by atoms with E-state index in [1.165, 1.54) is 19.9 Å². The summed E-state index contributed by atoms with van der Waals surface area (Å²) in [7, 11) is 0. The number of carbonyl (C=O) groups excluding carboxylic acids is 2. The van der Waals surface area contributed by atoms with Gasteiger partial charge in [0.05, 0.1) is 10.4 Å². The molecule has 0 unspecified atom stereocenters. The van der Waals surface area contributed by atoms with E-state index in [1.807, 2.05) is 0 Å². The minimum Gasteiger partial charge on any atom is -0.478 e. The van der Waals surface area contributed by atoms with Gasteiger partial charge in [-0.2, -0.15) is 0 Å². The van der Waals surface area contributed by atoms with Gasteiger partial charge in [-0.1, -0.05) is 0 Å². The van der Waals surface area contributed by atoms with Crippen molar-refractivity contribution in [2.75, 3.05) is 5.32 Å². The lowest BCUT2D eigenvalue weighted by Gasteiger charge is -1.98. The van der Waals surface area contributed by atoms with E-state index >= 15 is 0 Å².